The van der Waals surface area contributed by atoms with Crippen molar-refractivity contribution in [1.29, 1.82) is 0 Å². The van der Waals surface area contributed by atoms with Crippen molar-refractivity contribution >= 4 is 21.4 Å². The first kappa shape index (κ1) is 17.1. The number of para-hydroxylation sites is 1. The predicted molar refractivity (Wildman–Crippen MR) is 98.0 cm³/mol. The molecular formula is C18H20FN3O3S. The number of hydrogen-bond acceptors (Lipinski definition) is 5. The number of fused-ring (bicyclic) bond motifs is 1. The number of hydrogen-bond donors (Lipinski definition) is 1. The number of nitrogens with one attached hydrogen (secondary N) is 1. The second kappa shape index (κ2) is 6.77. The summed E-state index contributed by atoms with van der Waals surface area (Å²) in [6, 6.07) is 10.9. The molecule has 2 aromatic carbocycles. The molecule has 26 heavy (non-hydrogen) atoms. The van der Waals surface area contributed by atoms with Gasteiger partial charge in [-0.25, -0.2) is 12.8 Å². The van der Waals surface area contributed by atoms with Crippen LogP contribution in [0.3, 0.4) is 0 Å². The minimum absolute atomic E-state index is 0.147. The van der Waals surface area contributed by atoms with Gasteiger partial charge >= 0.3 is 0 Å². The SMILES string of the molecule is O=S(=O)(c1ccccc1F)N1CCOc2c(N3CCNCC3)cccc21. The van der Waals surface area contributed by atoms with Crippen LogP contribution in [0.1, 0.15) is 0 Å². The summed E-state index contributed by atoms with van der Waals surface area (Å²) in [4.78, 5) is 1.86. The maximum Gasteiger partial charge on any atom is 0.267 e. The average Bonchev–Trinajstić information content (AvgIpc) is 2.68. The Balaban J connectivity index is 1.77. The number of benzene rings is 2. The molecule has 1 N–H and O–H groups in total. The molecule has 2 aromatic rings. The fraction of sp³-hybridized carbons (Fsp3) is 0.333. The number of piperazine rings is 1. The largest absolute Gasteiger partial charge is 0.487 e. The van der Waals surface area contributed by atoms with Gasteiger partial charge in [-0.15, -0.1) is 0 Å². The predicted octanol–water partition coefficient (Wildman–Crippen LogP) is 1.82. The van der Waals surface area contributed by atoms with Crippen LogP contribution in [-0.2, 0) is 10.0 Å². The van der Waals surface area contributed by atoms with Gasteiger partial charge in [0.2, 0.25) is 0 Å². The van der Waals surface area contributed by atoms with Crippen molar-refractivity contribution in [1.82, 2.24) is 5.32 Å². The molecule has 0 radical (unpaired) electrons. The average molecular weight is 377 g/mol. The van der Waals surface area contributed by atoms with Gasteiger partial charge in [0.05, 0.1) is 17.9 Å². The van der Waals surface area contributed by atoms with Crippen LogP contribution in [0.5, 0.6) is 5.75 Å². The molecule has 2 aliphatic heterocycles. The third kappa shape index (κ3) is 2.89. The number of ether oxygens (including phenoxy) is 1. The summed E-state index contributed by atoms with van der Waals surface area (Å²) in [6.45, 7) is 3.74. The number of rotatable bonds is 3. The van der Waals surface area contributed by atoms with Gasteiger partial charge < -0.3 is 15.0 Å². The Morgan fingerprint density at radius 1 is 0.962 bits per heavy atom. The van der Waals surface area contributed by atoms with Crippen molar-refractivity contribution in [2.24, 2.45) is 0 Å². The van der Waals surface area contributed by atoms with Crippen LogP contribution in [0.2, 0.25) is 0 Å². The standard InChI is InChI=1S/C18H20FN3O3S/c19-14-4-1-2-7-17(14)26(23,24)22-12-13-25-18-15(5-3-6-16(18)22)21-10-8-20-9-11-21/h1-7,20H,8-13H2. The van der Waals surface area contributed by atoms with Crippen molar-refractivity contribution in [3.63, 3.8) is 0 Å². The molecule has 1 saturated heterocycles. The van der Waals surface area contributed by atoms with E-state index in [4.69, 9.17) is 4.74 Å². The number of sulfonamides is 1. The van der Waals surface area contributed by atoms with Crippen LogP contribution in [-0.4, -0.2) is 47.7 Å². The normalized spacial score (nSPS) is 17.6. The molecule has 138 valence electrons. The Hall–Kier alpha value is -2.32. The van der Waals surface area contributed by atoms with E-state index in [9.17, 15) is 12.8 Å². The summed E-state index contributed by atoms with van der Waals surface area (Å²) >= 11 is 0. The summed E-state index contributed by atoms with van der Waals surface area (Å²) in [5.41, 5.74) is 1.33. The van der Waals surface area contributed by atoms with Gasteiger partial charge in [-0.2, -0.15) is 0 Å². The van der Waals surface area contributed by atoms with Crippen LogP contribution in [0.25, 0.3) is 0 Å². The smallest absolute Gasteiger partial charge is 0.267 e. The van der Waals surface area contributed by atoms with E-state index < -0.39 is 15.8 Å². The monoisotopic (exact) mass is 377 g/mol. The van der Waals surface area contributed by atoms with Gasteiger partial charge in [0.15, 0.2) is 5.75 Å². The van der Waals surface area contributed by atoms with Gasteiger partial charge in [0.25, 0.3) is 10.0 Å². The molecule has 0 saturated carbocycles. The lowest BCUT2D eigenvalue weighted by atomic mass is 10.2. The molecule has 0 aromatic heterocycles. The zero-order valence-electron chi connectivity index (χ0n) is 14.2. The molecular weight excluding hydrogens is 357 g/mol. The zero-order valence-corrected chi connectivity index (χ0v) is 15.0. The summed E-state index contributed by atoms with van der Waals surface area (Å²) in [5, 5.41) is 3.29. The number of nitrogens with zero attached hydrogens (tertiary/aromatic N) is 2. The second-order valence-corrected chi connectivity index (χ2v) is 8.05. The highest BCUT2D eigenvalue weighted by atomic mass is 32.2. The van der Waals surface area contributed by atoms with E-state index in [-0.39, 0.29) is 18.0 Å². The zero-order chi connectivity index (χ0) is 18.1. The summed E-state index contributed by atoms with van der Waals surface area (Å²) in [6.07, 6.45) is 0. The summed E-state index contributed by atoms with van der Waals surface area (Å²) < 4.78 is 47.3. The quantitative estimate of drug-likeness (QED) is 0.884. The maximum atomic E-state index is 14.1. The van der Waals surface area contributed by atoms with E-state index >= 15 is 0 Å². The first-order valence-electron chi connectivity index (χ1n) is 8.58. The van der Waals surface area contributed by atoms with E-state index in [0.29, 0.717) is 11.4 Å². The highest BCUT2D eigenvalue weighted by molar-refractivity contribution is 7.92. The lowest BCUT2D eigenvalue weighted by molar-refractivity contribution is 0.315. The van der Waals surface area contributed by atoms with Crippen molar-refractivity contribution in [2.75, 3.05) is 48.5 Å². The van der Waals surface area contributed by atoms with Crippen LogP contribution in [0, 0.1) is 5.82 Å². The Bertz CT molecular complexity index is 914. The molecule has 2 aliphatic rings. The van der Waals surface area contributed by atoms with Crippen LogP contribution >= 0.6 is 0 Å². The number of halogens is 1. The summed E-state index contributed by atoms with van der Waals surface area (Å²) in [5.74, 6) is -0.209. The maximum absolute atomic E-state index is 14.1. The molecule has 0 aliphatic carbocycles. The highest BCUT2D eigenvalue weighted by Gasteiger charge is 2.33. The van der Waals surface area contributed by atoms with E-state index in [2.05, 4.69) is 10.2 Å². The first-order valence-corrected chi connectivity index (χ1v) is 10.0. The van der Waals surface area contributed by atoms with Gasteiger partial charge in [-0.1, -0.05) is 18.2 Å². The first-order chi connectivity index (χ1) is 12.6. The van der Waals surface area contributed by atoms with Crippen LogP contribution in [0.4, 0.5) is 15.8 Å². The molecule has 8 heteroatoms. The van der Waals surface area contributed by atoms with Crippen molar-refractivity contribution in [3.8, 4) is 5.75 Å². The molecule has 0 spiro atoms. The Labute approximate surface area is 152 Å². The fourth-order valence-corrected chi connectivity index (χ4v) is 4.91. The molecule has 1 fully saturated rings. The molecule has 4 rings (SSSR count). The Kier molecular flexibility index (Phi) is 4.46. The molecule has 0 unspecified atom stereocenters. The van der Waals surface area contributed by atoms with E-state index in [0.717, 1.165) is 37.9 Å². The summed E-state index contributed by atoms with van der Waals surface area (Å²) in [7, 11) is -4.01. The van der Waals surface area contributed by atoms with E-state index in [1.165, 1.54) is 22.5 Å². The van der Waals surface area contributed by atoms with E-state index in [1.54, 1.807) is 6.07 Å². The molecule has 0 bridgehead atoms. The minimum Gasteiger partial charge on any atom is -0.487 e. The molecule has 6 nitrogen and oxygen atoms in total. The van der Waals surface area contributed by atoms with Crippen molar-refractivity contribution < 1.29 is 17.5 Å². The second-order valence-electron chi connectivity index (χ2n) is 6.22. The minimum atomic E-state index is -4.01. The highest BCUT2D eigenvalue weighted by Crippen LogP contribution is 2.42. The van der Waals surface area contributed by atoms with Crippen LogP contribution < -0.4 is 19.3 Å². The van der Waals surface area contributed by atoms with Gasteiger partial charge in [0, 0.05) is 26.2 Å². The molecule has 0 amide bonds. The molecule has 0 atom stereocenters. The third-order valence-corrected chi connectivity index (χ3v) is 6.49. The van der Waals surface area contributed by atoms with Crippen molar-refractivity contribution in [2.45, 2.75) is 4.90 Å². The topological polar surface area (TPSA) is 61.9 Å². The Morgan fingerprint density at radius 2 is 1.69 bits per heavy atom. The number of anilines is 2. The lowest BCUT2D eigenvalue weighted by Crippen LogP contribution is -2.44. The van der Waals surface area contributed by atoms with Crippen molar-refractivity contribution in [3.05, 3.63) is 48.3 Å². The Morgan fingerprint density at radius 3 is 2.46 bits per heavy atom. The van der Waals surface area contributed by atoms with Crippen LogP contribution in [0.15, 0.2) is 47.4 Å². The van der Waals surface area contributed by atoms with Gasteiger partial charge in [-0.05, 0) is 24.3 Å². The lowest BCUT2D eigenvalue weighted by Gasteiger charge is -2.36. The fourth-order valence-electron chi connectivity index (χ4n) is 3.39. The van der Waals surface area contributed by atoms with Gasteiger partial charge in [0.1, 0.15) is 17.3 Å². The third-order valence-electron chi connectivity index (χ3n) is 4.65. The van der Waals surface area contributed by atoms with E-state index in [1.807, 2.05) is 12.1 Å². The van der Waals surface area contributed by atoms with Gasteiger partial charge in [-0.3, -0.25) is 4.31 Å². The molecule has 2 heterocycles.